The predicted octanol–water partition coefficient (Wildman–Crippen LogP) is -3.18. The van der Waals surface area contributed by atoms with E-state index in [4.69, 9.17) is 9.47 Å². The van der Waals surface area contributed by atoms with Crippen molar-refractivity contribution in [2.75, 3.05) is 13.2 Å². The van der Waals surface area contributed by atoms with Gasteiger partial charge in [0.15, 0.2) is 12.5 Å². The fraction of sp³-hybridized carbons (Fsp3) is 0.556. The molecule has 4 rings (SSSR count). The van der Waals surface area contributed by atoms with Crippen molar-refractivity contribution in [2.45, 2.75) is 59.1 Å². The summed E-state index contributed by atoms with van der Waals surface area (Å²) in [7, 11) is 2.06. The summed E-state index contributed by atoms with van der Waals surface area (Å²) in [6.45, 7) is -1.05. The van der Waals surface area contributed by atoms with E-state index < -0.39 is 73.7 Å². The van der Waals surface area contributed by atoms with Crippen molar-refractivity contribution in [3.8, 4) is 0 Å². The van der Waals surface area contributed by atoms with Gasteiger partial charge in [0.25, 0.3) is 0 Å². The van der Waals surface area contributed by atoms with E-state index in [1.54, 1.807) is 0 Å². The minimum Gasteiger partial charge on any atom is -0.394 e. The van der Waals surface area contributed by atoms with Crippen LogP contribution in [0.15, 0.2) is 44.2 Å². The Morgan fingerprint density at radius 2 is 1.12 bits per heavy atom. The van der Waals surface area contributed by atoms with E-state index in [0.29, 0.717) is 0 Å². The molecule has 8 atom stereocenters. The number of aliphatic hydroxyl groups excluding tert-OH is 6. The Morgan fingerprint density at radius 1 is 0.735 bits per heavy atom. The van der Waals surface area contributed by atoms with Crippen molar-refractivity contribution in [1.82, 2.24) is 19.1 Å². The molecular weight excluding hydrogens is 496 g/mol. The summed E-state index contributed by atoms with van der Waals surface area (Å²) in [6, 6.07) is 2.93. The minimum atomic E-state index is -1.42. The van der Waals surface area contributed by atoms with Gasteiger partial charge in [-0.1, -0.05) is 0 Å². The van der Waals surface area contributed by atoms with Crippen molar-refractivity contribution in [2.24, 2.45) is 0 Å². The Kier molecular flexibility index (Phi) is 7.72. The molecule has 186 valence electrons. The van der Waals surface area contributed by atoms with E-state index in [1.807, 2.05) is 0 Å². The summed E-state index contributed by atoms with van der Waals surface area (Å²) in [5.41, 5.74) is -1.51. The highest BCUT2D eigenvalue weighted by Gasteiger charge is 2.44. The van der Waals surface area contributed by atoms with E-state index in [2.05, 4.69) is 9.97 Å². The molecule has 2 aromatic rings. The Balaban J connectivity index is 1.42. The van der Waals surface area contributed by atoms with Crippen LogP contribution in [0.4, 0.5) is 0 Å². The number of rotatable bonds is 7. The van der Waals surface area contributed by atoms with E-state index in [-0.39, 0.29) is 10.1 Å². The molecule has 0 aromatic carbocycles. The standard InChI is InChI=1S/C18H22N4O10S2/c23-5-7-11(25)13(27)15(31-7)21-3-1-9(19-17(21)29)33-34-10-2-4-22(18(30)20-10)16-14(28)12(26)8(6-24)32-16/h1-4,7-8,11-16,23-28H,5-6H2/t7-,8-,11+,12+,13-,14+,15+,16-/m0/s1. The van der Waals surface area contributed by atoms with Crippen LogP contribution in [0.25, 0.3) is 0 Å². The topological polar surface area (TPSA) is 210 Å². The fourth-order valence-electron chi connectivity index (χ4n) is 3.58. The number of ether oxygens (including phenoxy) is 2. The number of nitrogens with zero attached hydrogens (tertiary/aromatic N) is 4. The van der Waals surface area contributed by atoms with Gasteiger partial charge in [-0.05, 0) is 33.7 Å². The zero-order chi connectivity index (χ0) is 24.6. The van der Waals surface area contributed by atoms with Gasteiger partial charge in [0.05, 0.1) is 13.2 Å². The van der Waals surface area contributed by atoms with Gasteiger partial charge in [0.1, 0.15) is 46.7 Å². The molecule has 0 bridgehead atoms. The second-order valence-corrected chi connectivity index (χ2v) is 9.71. The third kappa shape index (κ3) is 4.78. The summed E-state index contributed by atoms with van der Waals surface area (Å²) in [5, 5.41) is 58.7. The molecule has 16 heteroatoms. The minimum absolute atomic E-state index is 0.271. The summed E-state index contributed by atoms with van der Waals surface area (Å²) < 4.78 is 12.6. The maximum atomic E-state index is 12.4. The smallest absolute Gasteiger partial charge is 0.350 e. The second-order valence-electron chi connectivity index (χ2n) is 7.54. The summed E-state index contributed by atoms with van der Waals surface area (Å²) in [6.07, 6.45) is -7.36. The first-order chi connectivity index (χ1) is 16.2. The molecule has 14 nitrogen and oxygen atoms in total. The zero-order valence-electron chi connectivity index (χ0n) is 17.3. The lowest BCUT2D eigenvalue weighted by Crippen LogP contribution is -2.36. The molecule has 0 saturated carbocycles. The maximum absolute atomic E-state index is 12.4. The molecule has 4 heterocycles. The fourth-order valence-corrected chi connectivity index (χ4v) is 5.28. The van der Waals surface area contributed by atoms with Crippen LogP contribution in [0, 0.1) is 0 Å². The van der Waals surface area contributed by atoms with Gasteiger partial charge in [-0.15, -0.1) is 0 Å². The molecule has 0 spiro atoms. The monoisotopic (exact) mass is 518 g/mol. The lowest BCUT2D eigenvalue weighted by atomic mass is 10.1. The van der Waals surface area contributed by atoms with Gasteiger partial charge in [-0.25, -0.2) is 9.59 Å². The number of aromatic nitrogens is 4. The third-order valence-corrected chi connectivity index (χ3v) is 7.56. The molecule has 0 aliphatic carbocycles. The highest BCUT2D eigenvalue weighted by molar-refractivity contribution is 8.76. The highest BCUT2D eigenvalue weighted by atomic mass is 33.1. The van der Waals surface area contributed by atoms with E-state index >= 15 is 0 Å². The Labute approximate surface area is 198 Å². The van der Waals surface area contributed by atoms with Crippen LogP contribution in [0.2, 0.25) is 0 Å². The predicted molar refractivity (Wildman–Crippen MR) is 115 cm³/mol. The lowest BCUT2D eigenvalue weighted by Gasteiger charge is -2.17. The van der Waals surface area contributed by atoms with Gasteiger partial charge < -0.3 is 40.1 Å². The van der Waals surface area contributed by atoms with Gasteiger partial charge in [-0.2, -0.15) is 9.97 Å². The zero-order valence-corrected chi connectivity index (χ0v) is 18.9. The first kappa shape index (κ1) is 25.2. The first-order valence-electron chi connectivity index (χ1n) is 10.0. The molecule has 2 fully saturated rings. The van der Waals surface area contributed by atoms with Crippen molar-refractivity contribution < 1.29 is 40.1 Å². The normalized spacial score (nSPS) is 33.5. The van der Waals surface area contributed by atoms with E-state index in [9.17, 15) is 40.2 Å². The largest absolute Gasteiger partial charge is 0.394 e. The number of hydrogen-bond acceptors (Lipinski definition) is 14. The Morgan fingerprint density at radius 3 is 1.41 bits per heavy atom. The van der Waals surface area contributed by atoms with Crippen LogP contribution in [-0.2, 0) is 9.47 Å². The van der Waals surface area contributed by atoms with Gasteiger partial charge in [-0.3, -0.25) is 9.13 Å². The molecule has 0 unspecified atom stereocenters. The third-order valence-electron chi connectivity index (χ3n) is 5.40. The van der Waals surface area contributed by atoms with Crippen molar-refractivity contribution in [3.05, 3.63) is 45.5 Å². The summed E-state index contributed by atoms with van der Waals surface area (Å²) in [5.74, 6) is 0. The first-order valence-corrected chi connectivity index (χ1v) is 12.2. The molecule has 0 amide bonds. The van der Waals surface area contributed by atoms with Crippen molar-refractivity contribution in [3.63, 3.8) is 0 Å². The molecule has 2 saturated heterocycles. The van der Waals surface area contributed by atoms with Gasteiger partial charge in [0.2, 0.25) is 0 Å². The van der Waals surface area contributed by atoms with Crippen LogP contribution in [0.5, 0.6) is 0 Å². The molecule has 6 N–H and O–H groups in total. The van der Waals surface area contributed by atoms with Crippen LogP contribution in [0.3, 0.4) is 0 Å². The number of hydrogen-bond donors (Lipinski definition) is 6. The molecule has 0 radical (unpaired) electrons. The lowest BCUT2D eigenvalue weighted by molar-refractivity contribution is -0.0551. The molecule has 34 heavy (non-hydrogen) atoms. The maximum Gasteiger partial charge on any atom is 0.350 e. The van der Waals surface area contributed by atoms with Crippen LogP contribution in [0.1, 0.15) is 12.5 Å². The average molecular weight is 519 g/mol. The van der Waals surface area contributed by atoms with Crippen molar-refractivity contribution >= 4 is 21.6 Å². The van der Waals surface area contributed by atoms with Gasteiger partial charge >= 0.3 is 11.4 Å². The van der Waals surface area contributed by atoms with E-state index in [0.717, 1.165) is 30.7 Å². The van der Waals surface area contributed by atoms with Crippen LogP contribution in [-0.4, -0.2) is 99.6 Å². The molecule has 2 aromatic heterocycles. The molecule has 2 aliphatic heterocycles. The van der Waals surface area contributed by atoms with Crippen LogP contribution < -0.4 is 11.4 Å². The average Bonchev–Trinajstić information content (AvgIpc) is 3.27. The Hall–Kier alpha value is -1.86. The highest BCUT2D eigenvalue weighted by Crippen LogP contribution is 2.35. The Bertz CT molecular complexity index is 1040. The summed E-state index contributed by atoms with van der Waals surface area (Å²) in [4.78, 5) is 32.5. The second kappa shape index (κ2) is 10.4. The molecular formula is C18H22N4O10S2. The van der Waals surface area contributed by atoms with Crippen molar-refractivity contribution in [1.29, 1.82) is 0 Å². The van der Waals surface area contributed by atoms with Crippen LogP contribution >= 0.6 is 21.6 Å². The quantitative estimate of drug-likeness (QED) is 0.158. The molecule has 2 aliphatic rings. The van der Waals surface area contributed by atoms with Gasteiger partial charge in [0, 0.05) is 12.4 Å². The summed E-state index contributed by atoms with van der Waals surface area (Å²) >= 11 is 0. The van der Waals surface area contributed by atoms with E-state index in [1.165, 1.54) is 24.5 Å². The SMILES string of the molecule is O=c1nc(SSc2ccn([C@H]3O[C@@H](CO)[C@@H](O)[C@H]3O)c(=O)n2)ccn1[C@@H]1O[C@@H](CO)[C@@H](O)[C@@H]1O. The number of aliphatic hydroxyl groups is 6.